The molecule has 3 aromatic carbocycles. The SMILES string of the molecule is C/C=C/C(=O)N(CC)c1ccccc1C.O=C([O-])Cc1ccccc1Nc1c(Cl)cccc1Cl.[Na+]. The van der Waals surface area contributed by atoms with Crippen molar-refractivity contribution in [2.75, 3.05) is 16.8 Å². The van der Waals surface area contributed by atoms with Gasteiger partial charge in [-0.25, -0.2) is 0 Å². The van der Waals surface area contributed by atoms with Crippen molar-refractivity contribution in [3.8, 4) is 0 Å². The molecule has 178 valence electrons. The summed E-state index contributed by atoms with van der Waals surface area (Å²) in [5.74, 6) is -1.10. The van der Waals surface area contributed by atoms with E-state index in [-0.39, 0.29) is 41.9 Å². The second-order valence-corrected chi connectivity index (χ2v) is 8.11. The normalized spacial score (nSPS) is 10.1. The summed E-state index contributed by atoms with van der Waals surface area (Å²) >= 11 is 12.1. The van der Waals surface area contributed by atoms with Crippen LogP contribution in [-0.2, 0) is 16.0 Å². The van der Waals surface area contributed by atoms with Crippen molar-refractivity contribution in [1.29, 1.82) is 0 Å². The number of aryl methyl sites for hydroxylation is 1. The molecule has 0 bridgehead atoms. The van der Waals surface area contributed by atoms with Crippen molar-refractivity contribution in [1.82, 2.24) is 0 Å². The quantitative estimate of drug-likeness (QED) is 0.384. The van der Waals surface area contributed by atoms with E-state index in [2.05, 4.69) is 5.32 Å². The van der Waals surface area contributed by atoms with Crippen molar-refractivity contribution >= 4 is 52.1 Å². The number of hydrogen-bond acceptors (Lipinski definition) is 4. The van der Waals surface area contributed by atoms with E-state index in [9.17, 15) is 14.7 Å². The molecule has 1 amide bonds. The van der Waals surface area contributed by atoms with Crippen LogP contribution in [-0.4, -0.2) is 18.4 Å². The maximum absolute atomic E-state index is 11.8. The predicted octanol–water partition coefficient (Wildman–Crippen LogP) is 2.96. The average Bonchev–Trinajstić information content (AvgIpc) is 2.79. The van der Waals surface area contributed by atoms with Gasteiger partial charge in [0.05, 0.1) is 15.7 Å². The molecular formula is C27H27Cl2N2NaO3. The number of hydrogen-bond donors (Lipinski definition) is 1. The van der Waals surface area contributed by atoms with Crippen LogP contribution in [0.5, 0.6) is 0 Å². The van der Waals surface area contributed by atoms with Gasteiger partial charge < -0.3 is 20.1 Å². The van der Waals surface area contributed by atoms with Crippen LogP contribution >= 0.6 is 23.2 Å². The molecule has 0 fully saturated rings. The van der Waals surface area contributed by atoms with Gasteiger partial charge in [0.2, 0.25) is 0 Å². The topological polar surface area (TPSA) is 72.5 Å². The van der Waals surface area contributed by atoms with Gasteiger partial charge in [-0.3, -0.25) is 4.79 Å². The Morgan fingerprint density at radius 1 is 0.971 bits per heavy atom. The molecule has 0 saturated heterocycles. The van der Waals surface area contributed by atoms with Crippen LogP contribution in [0.2, 0.25) is 10.0 Å². The maximum Gasteiger partial charge on any atom is 1.00 e. The van der Waals surface area contributed by atoms with Crippen LogP contribution < -0.4 is 44.9 Å². The average molecular weight is 521 g/mol. The number of carboxylic acid groups (broad SMARTS) is 1. The van der Waals surface area contributed by atoms with E-state index >= 15 is 0 Å². The number of nitrogens with zero attached hydrogens (tertiary/aromatic N) is 1. The molecule has 0 aliphatic heterocycles. The summed E-state index contributed by atoms with van der Waals surface area (Å²) in [5, 5.41) is 14.7. The smallest absolute Gasteiger partial charge is 0.550 e. The number of aliphatic carboxylic acids is 1. The molecule has 0 heterocycles. The number of halogens is 2. The summed E-state index contributed by atoms with van der Waals surface area (Å²) in [7, 11) is 0. The number of para-hydroxylation sites is 3. The number of carboxylic acids is 1. The van der Waals surface area contributed by atoms with Gasteiger partial charge in [0.15, 0.2) is 0 Å². The number of anilines is 3. The van der Waals surface area contributed by atoms with Gasteiger partial charge in [-0.05, 0) is 62.2 Å². The maximum atomic E-state index is 11.8. The van der Waals surface area contributed by atoms with E-state index < -0.39 is 5.97 Å². The fraction of sp³-hybridized carbons (Fsp3) is 0.185. The van der Waals surface area contributed by atoms with E-state index in [4.69, 9.17) is 23.2 Å². The van der Waals surface area contributed by atoms with E-state index in [1.165, 1.54) is 0 Å². The third-order valence-corrected chi connectivity index (χ3v) is 5.50. The van der Waals surface area contributed by atoms with E-state index in [1.54, 1.807) is 59.5 Å². The summed E-state index contributed by atoms with van der Waals surface area (Å²) < 4.78 is 0. The van der Waals surface area contributed by atoms with Gasteiger partial charge >= 0.3 is 29.6 Å². The van der Waals surface area contributed by atoms with Gasteiger partial charge in [0, 0.05) is 30.3 Å². The van der Waals surface area contributed by atoms with Crippen molar-refractivity contribution < 1.29 is 44.3 Å². The van der Waals surface area contributed by atoms with Crippen LogP contribution in [0.1, 0.15) is 25.0 Å². The zero-order valence-corrected chi connectivity index (χ0v) is 23.9. The second-order valence-electron chi connectivity index (χ2n) is 7.30. The van der Waals surface area contributed by atoms with E-state index in [0.29, 0.717) is 33.5 Å². The van der Waals surface area contributed by atoms with Gasteiger partial charge in [0.25, 0.3) is 5.91 Å². The fourth-order valence-electron chi connectivity index (χ4n) is 3.25. The number of benzene rings is 3. The molecule has 0 saturated carbocycles. The largest absolute Gasteiger partial charge is 1.00 e. The Morgan fingerprint density at radius 3 is 2.14 bits per heavy atom. The van der Waals surface area contributed by atoms with Crippen LogP contribution in [0.4, 0.5) is 17.1 Å². The van der Waals surface area contributed by atoms with E-state index in [1.807, 2.05) is 45.0 Å². The molecule has 0 atom stereocenters. The molecule has 0 unspecified atom stereocenters. The standard InChI is InChI=1S/C14H11Cl2NO2.C13H17NO.Na/c15-10-5-3-6-11(16)14(10)17-12-7-2-1-4-9(12)8-13(18)19;1-4-8-13(15)14(5-2)12-10-7-6-9-11(12)3;/h1-7,17H,8H2,(H,18,19);4,6-10H,5H2,1-3H3;/q;;+1/p-1/b;8-4+;. The van der Waals surface area contributed by atoms with Gasteiger partial charge in [-0.1, -0.05) is 71.7 Å². The number of rotatable bonds is 7. The molecule has 1 N–H and O–H groups in total. The predicted molar refractivity (Wildman–Crippen MR) is 139 cm³/mol. The summed E-state index contributed by atoms with van der Waals surface area (Å²) in [6.07, 6.45) is 3.18. The van der Waals surface area contributed by atoms with Gasteiger partial charge in [0.1, 0.15) is 0 Å². The fourth-order valence-corrected chi connectivity index (χ4v) is 3.74. The molecule has 0 aromatic heterocycles. The zero-order valence-electron chi connectivity index (χ0n) is 20.3. The number of carbonyl (C=O) groups is 2. The van der Waals surface area contributed by atoms with Crippen molar-refractivity contribution in [2.24, 2.45) is 0 Å². The van der Waals surface area contributed by atoms with Crippen LogP contribution in [0.25, 0.3) is 0 Å². The molecule has 3 rings (SSSR count). The summed E-state index contributed by atoms with van der Waals surface area (Å²) in [4.78, 5) is 24.3. The minimum Gasteiger partial charge on any atom is -0.550 e. The monoisotopic (exact) mass is 520 g/mol. The number of carbonyl (C=O) groups excluding carboxylic acids is 2. The number of allylic oxidation sites excluding steroid dienone is 1. The van der Waals surface area contributed by atoms with Crippen LogP contribution in [0.15, 0.2) is 78.9 Å². The second kappa shape index (κ2) is 15.7. The van der Waals surface area contributed by atoms with Crippen LogP contribution in [0, 0.1) is 6.92 Å². The summed E-state index contributed by atoms with van der Waals surface area (Å²) in [6.45, 7) is 6.53. The summed E-state index contributed by atoms with van der Waals surface area (Å²) in [6, 6.07) is 20.1. The first-order valence-corrected chi connectivity index (χ1v) is 11.5. The Bertz CT molecular complexity index is 1150. The van der Waals surface area contributed by atoms with Crippen molar-refractivity contribution in [3.05, 3.63) is 100 Å². The molecule has 3 aromatic rings. The zero-order chi connectivity index (χ0) is 25.1. The Labute approximate surface area is 239 Å². The van der Waals surface area contributed by atoms with Gasteiger partial charge in [-0.2, -0.15) is 0 Å². The molecule has 0 aliphatic rings. The first-order chi connectivity index (χ1) is 16.3. The molecule has 5 nitrogen and oxygen atoms in total. The first kappa shape index (κ1) is 30.8. The molecular weight excluding hydrogens is 494 g/mol. The first-order valence-electron chi connectivity index (χ1n) is 10.8. The number of amides is 1. The molecule has 35 heavy (non-hydrogen) atoms. The van der Waals surface area contributed by atoms with E-state index in [0.717, 1.165) is 11.3 Å². The Balaban J connectivity index is 0.000000350. The molecule has 0 aliphatic carbocycles. The van der Waals surface area contributed by atoms with Gasteiger partial charge in [-0.15, -0.1) is 0 Å². The summed E-state index contributed by atoms with van der Waals surface area (Å²) in [5.41, 5.74) is 3.91. The Morgan fingerprint density at radius 2 is 1.57 bits per heavy atom. The molecule has 8 heteroatoms. The Kier molecular flexibility index (Phi) is 13.8. The minimum absolute atomic E-state index is 0. The third-order valence-electron chi connectivity index (χ3n) is 4.87. The van der Waals surface area contributed by atoms with Crippen molar-refractivity contribution in [3.63, 3.8) is 0 Å². The minimum atomic E-state index is -1.14. The molecule has 0 radical (unpaired) electrons. The number of likely N-dealkylation sites (N-methyl/N-ethyl adjacent to an activating group) is 1. The number of nitrogens with one attached hydrogen (secondary N) is 1. The Hall–Kier alpha value is -2.28. The van der Waals surface area contributed by atoms with Crippen molar-refractivity contribution in [2.45, 2.75) is 27.2 Å². The molecule has 0 spiro atoms. The van der Waals surface area contributed by atoms with Crippen LogP contribution in [0.3, 0.4) is 0 Å². The third kappa shape index (κ3) is 9.36.